The van der Waals surface area contributed by atoms with E-state index in [4.69, 9.17) is 14.2 Å². The molecule has 28 heavy (non-hydrogen) atoms. The molecule has 0 amide bonds. The molecule has 1 aliphatic heterocycles. The third-order valence-electron chi connectivity index (χ3n) is 5.04. The highest BCUT2D eigenvalue weighted by Crippen LogP contribution is 2.43. The Morgan fingerprint density at radius 1 is 1.11 bits per heavy atom. The minimum atomic E-state index is -4.99. The lowest BCUT2D eigenvalue weighted by Crippen LogP contribution is -2.53. The van der Waals surface area contributed by atoms with E-state index in [0.717, 1.165) is 18.4 Å². The third kappa shape index (κ3) is 3.58. The van der Waals surface area contributed by atoms with Crippen molar-refractivity contribution >= 4 is 5.97 Å². The first-order chi connectivity index (χ1) is 13.3. The van der Waals surface area contributed by atoms with Gasteiger partial charge in [-0.15, -0.1) is 0 Å². The fourth-order valence-electron chi connectivity index (χ4n) is 3.39. The normalized spacial score (nSPS) is 19.7. The van der Waals surface area contributed by atoms with Gasteiger partial charge in [-0.3, -0.25) is 0 Å². The predicted octanol–water partition coefficient (Wildman–Crippen LogP) is 4.27. The number of carbonyl (C=O) groups excluding carboxylic acids is 1. The van der Waals surface area contributed by atoms with Crippen molar-refractivity contribution in [1.82, 2.24) is 0 Å². The Kier molecular flexibility index (Phi) is 5.65. The Bertz CT molecular complexity index is 822. The van der Waals surface area contributed by atoms with Gasteiger partial charge in [0.15, 0.2) is 0 Å². The number of esters is 1. The van der Waals surface area contributed by atoms with Gasteiger partial charge in [0.25, 0.3) is 5.60 Å². The van der Waals surface area contributed by atoms with Crippen LogP contribution in [0.3, 0.4) is 0 Å². The molecule has 1 aliphatic rings. The van der Waals surface area contributed by atoms with Crippen LogP contribution in [0.5, 0.6) is 5.75 Å². The van der Waals surface area contributed by atoms with Gasteiger partial charge in [0.2, 0.25) is 0 Å². The number of para-hydroxylation sites is 1. The first-order valence-corrected chi connectivity index (χ1v) is 8.88. The van der Waals surface area contributed by atoms with Crippen LogP contribution in [0.25, 0.3) is 0 Å². The van der Waals surface area contributed by atoms with Crippen molar-refractivity contribution in [1.29, 1.82) is 0 Å². The second-order valence-electron chi connectivity index (χ2n) is 6.74. The number of carbonyl (C=O) groups is 1. The van der Waals surface area contributed by atoms with Gasteiger partial charge >= 0.3 is 12.1 Å². The van der Waals surface area contributed by atoms with Crippen LogP contribution in [0.2, 0.25) is 0 Å². The number of hydrogen-bond donors (Lipinski definition) is 0. The van der Waals surface area contributed by atoms with Gasteiger partial charge in [-0.1, -0.05) is 48.5 Å². The number of hydrogen-bond acceptors (Lipinski definition) is 4. The van der Waals surface area contributed by atoms with E-state index < -0.39 is 23.9 Å². The first kappa shape index (κ1) is 20.2. The zero-order valence-electron chi connectivity index (χ0n) is 15.5. The quantitative estimate of drug-likeness (QED) is 0.711. The molecule has 3 rings (SSSR count). The van der Waals surface area contributed by atoms with Crippen molar-refractivity contribution in [2.75, 3.05) is 13.7 Å². The summed E-state index contributed by atoms with van der Waals surface area (Å²) >= 11 is 0. The SMILES string of the molecule is CO[C@](C(=O)OC(C)C1COc2ccccc2C1)(c1ccccc1)C(F)(F)F. The summed E-state index contributed by atoms with van der Waals surface area (Å²) in [6.07, 6.45) is -5.24. The van der Waals surface area contributed by atoms with Crippen molar-refractivity contribution in [2.45, 2.75) is 31.2 Å². The molecule has 0 saturated carbocycles. The Balaban J connectivity index is 1.83. The van der Waals surface area contributed by atoms with Crippen LogP contribution >= 0.6 is 0 Å². The van der Waals surface area contributed by atoms with E-state index in [1.165, 1.54) is 24.3 Å². The number of rotatable bonds is 5. The first-order valence-electron chi connectivity index (χ1n) is 8.88. The minimum absolute atomic E-state index is 0.253. The van der Waals surface area contributed by atoms with E-state index in [1.54, 1.807) is 13.0 Å². The van der Waals surface area contributed by atoms with Crippen LogP contribution < -0.4 is 4.74 Å². The molecule has 2 aromatic carbocycles. The van der Waals surface area contributed by atoms with E-state index >= 15 is 0 Å². The molecule has 4 nitrogen and oxygen atoms in total. The van der Waals surface area contributed by atoms with Crippen LogP contribution in [0.4, 0.5) is 13.2 Å². The highest BCUT2D eigenvalue weighted by Gasteiger charge is 2.64. The average Bonchev–Trinajstić information content (AvgIpc) is 2.68. The van der Waals surface area contributed by atoms with Crippen LogP contribution in [0, 0.1) is 5.92 Å². The minimum Gasteiger partial charge on any atom is -0.493 e. The molecule has 0 bridgehead atoms. The molecule has 3 atom stereocenters. The Morgan fingerprint density at radius 2 is 1.75 bits per heavy atom. The van der Waals surface area contributed by atoms with Crippen molar-refractivity contribution in [3.63, 3.8) is 0 Å². The van der Waals surface area contributed by atoms with Crippen LogP contribution in [-0.2, 0) is 26.3 Å². The summed E-state index contributed by atoms with van der Waals surface area (Å²) in [5, 5.41) is 0. The second-order valence-corrected chi connectivity index (χ2v) is 6.74. The second kappa shape index (κ2) is 7.83. The summed E-state index contributed by atoms with van der Waals surface area (Å²) < 4.78 is 57.6. The molecule has 0 aromatic heterocycles. The molecule has 2 unspecified atom stereocenters. The smallest absolute Gasteiger partial charge is 0.432 e. The van der Waals surface area contributed by atoms with Gasteiger partial charge in [0.05, 0.1) is 6.61 Å². The lowest BCUT2D eigenvalue weighted by molar-refractivity contribution is -0.278. The maximum Gasteiger partial charge on any atom is 0.432 e. The zero-order chi connectivity index (χ0) is 20.4. The van der Waals surface area contributed by atoms with Gasteiger partial charge in [-0.2, -0.15) is 13.2 Å². The Hall–Kier alpha value is -2.54. The van der Waals surface area contributed by atoms with E-state index in [9.17, 15) is 18.0 Å². The van der Waals surface area contributed by atoms with E-state index in [-0.39, 0.29) is 18.1 Å². The van der Waals surface area contributed by atoms with Crippen molar-refractivity contribution < 1.29 is 32.2 Å². The highest BCUT2D eigenvalue weighted by atomic mass is 19.4. The Morgan fingerprint density at radius 3 is 2.39 bits per heavy atom. The van der Waals surface area contributed by atoms with Gasteiger partial charge in [0.1, 0.15) is 11.9 Å². The molecule has 1 heterocycles. The van der Waals surface area contributed by atoms with Gasteiger partial charge in [-0.25, -0.2) is 4.79 Å². The molecular weight excluding hydrogens is 373 g/mol. The molecule has 0 radical (unpaired) electrons. The van der Waals surface area contributed by atoms with E-state index in [1.807, 2.05) is 24.3 Å². The standard InChI is InChI=1S/C21H21F3O4/c1-14(16-12-15-8-6-7-11-18(15)27-13-16)28-19(25)20(26-2,21(22,23)24)17-9-4-3-5-10-17/h3-11,14,16H,12-13H2,1-2H3/t14?,16?,20-/m0/s1. The summed E-state index contributed by atoms with van der Waals surface area (Å²) in [5.41, 5.74) is -2.58. The summed E-state index contributed by atoms with van der Waals surface area (Å²) in [5.74, 6) is -1.01. The largest absolute Gasteiger partial charge is 0.493 e. The maximum atomic E-state index is 14.0. The number of methoxy groups -OCH3 is 1. The number of halogens is 3. The average molecular weight is 394 g/mol. The fraction of sp³-hybridized carbons (Fsp3) is 0.381. The molecule has 2 aromatic rings. The number of benzene rings is 2. The van der Waals surface area contributed by atoms with Gasteiger partial charge < -0.3 is 14.2 Å². The lowest BCUT2D eigenvalue weighted by Gasteiger charge is -2.35. The molecule has 0 N–H and O–H groups in total. The highest BCUT2D eigenvalue weighted by molar-refractivity contribution is 5.82. The van der Waals surface area contributed by atoms with E-state index in [0.29, 0.717) is 6.42 Å². The van der Waals surface area contributed by atoms with E-state index in [2.05, 4.69) is 0 Å². The molecular formula is C21H21F3O4. The van der Waals surface area contributed by atoms with Crippen molar-refractivity contribution in [3.8, 4) is 5.75 Å². The molecule has 0 spiro atoms. The summed E-state index contributed by atoms with van der Waals surface area (Å²) in [6, 6.07) is 14.2. The topological polar surface area (TPSA) is 44.8 Å². The maximum absolute atomic E-state index is 14.0. The van der Waals surface area contributed by atoms with Gasteiger partial charge in [0, 0.05) is 18.6 Å². The molecule has 150 valence electrons. The monoisotopic (exact) mass is 394 g/mol. The lowest BCUT2D eigenvalue weighted by atomic mass is 9.91. The van der Waals surface area contributed by atoms with Crippen LogP contribution in [0.15, 0.2) is 54.6 Å². The third-order valence-corrected chi connectivity index (χ3v) is 5.04. The predicted molar refractivity (Wildman–Crippen MR) is 95.9 cm³/mol. The molecule has 0 aliphatic carbocycles. The number of alkyl halides is 3. The summed E-state index contributed by atoms with van der Waals surface area (Å²) in [4.78, 5) is 12.7. The zero-order valence-corrected chi connectivity index (χ0v) is 15.5. The molecule has 7 heteroatoms. The molecule has 0 fully saturated rings. The number of fused-ring (bicyclic) bond motifs is 1. The summed E-state index contributed by atoms with van der Waals surface area (Å²) in [7, 11) is 0.854. The van der Waals surface area contributed by atoms with Crippen molar-refractivity contribution in [3.05, 3.63) is 65.7 Å². The molecule has 0 saturated heterocycles. The van der Waals surface area contributed by atoms with Crippen molar-refractivity contribution in [2.24, 2.45) is 5.92 Å². The Labute approximate surface area is 161 Å². The van der Waals surface area contributed by atoms with Crippen LogP contribution in [0.1, 0.15) is 18.1 Å². The fourth-order valence-corrected chi connectivity index (χ4v) is 3.39. The van der Waals surface area contributed by atoms with Crippen LogP contribution in [-0.4, -0.2) is 32.0 Å². The van der Waals surface area contributed by atoms with Gasteiger partial charge in [-0.05, 0) is 25.0 Å². The summed E-state index contributed by atoms with van der Waals surface area (Å²) in [6.45, 7) is 1.82. The number of ether oxygens (including phenoxy) is 3.